The second kappa shape index (κ2) is 7.24. The van der Waals surface area contributed by atoms with Crippen molar-refractivity contribution in [3.8, 4) is 0 Å². The Balaban J connectivity index is 2.09. The molecule has 0 bridgehead atoms. The summed E-state index contributed by atoms with van der Waals surface area (Å²) in [7, 11) is 0. The lowest BCUT2D eigenvalue weighted by Gasteiger charge is -2.18. The maximum Gasteiger partial charge on any atom is 0.0664 e. The van der Waals surface area contributed by atoms with Crippen LogP contribution in [-0.2, 0) is 0 Å². The van der Waals surface area contributed by atoms with Crippen molar-refractivity contribution in [2.45, 2.75) is 70.4 Å². The number of hydrogen-bond acceptors (Lipinski definition) is 2. The summed E-state index contributed by atoms with van der Waals surface area (Å²) < 4.78 is 0. The van der Waals surface area contributed by atoms with Crippen LogP contribution in [0, 0.1) is 0 Å². The summed E-state index contributed by atoms with van der Waals surface area (Å²) in [5.41, 5.74) is 0. The second-order valence-corrected chi connectivity index (χ2v) is 4.54. The number of hydrogen-bond donors (Lipinski definition) is 2. The molecule has 0 spiro atoms. The van der Waals surface area contributed by atoms with Crippen molar-refractivity contribution in [2.24, 2.45) is 0 Å². The molecular formula is C12H25NO. The fraction of sp³-hybridized carbons (Fsp3) is 1.00. The van der Waals surface area contributed by atoms with Crippen LogP contribution in [0.5, 0.6) is 0 Å². The molecule has 0 aromatic carbocycles. The summed E-state index contributed by atoms with van der Waals surface area (Å²) in [5, 5.41) is 13.1. The standard InChI is InChI=1S/C12H25NO/c1-2-7-12(14)10-13-11-8-5-3-4-6-9-11/h11-14H,2-10H2,1H3. The lowest BCUT2D eigenvalue weighted by atomic mass is 10.1. The molecular weight excluding hydrogens is 174 g/mol. The van der Waals surface area contributed by atoms with Crippen LogP contribution in [-0.4, -0.2) is 23.8 Å². The Morgan fingerprint density at radius 1 is 1.21 bits per heavy atom. The predicted molar refractivity (Wildman–Crippen MR) is 60.4 cm³/mol. The monoisotopic (exact) mass is 199 g/mol. The van der Waals surface area contributed by atoms with Gasteiger partial charge in [0.1, 0.15) is 0 Å². The van der Waals surface area contributed by atoms with Gasteiger partial charge in [-0.05, 0) is 19.3 Å². The maximum atomic E-state index is 9.59. The predicted octanol–water partition coefficient (Wildman–Crippen LogP) is 2.46. The zero-order valence-corrected chi connectivity index (χ0v) is 9.47. The van der Waals surface area contributed by atoms with Gasteiger partial charge in [-0.1, -0.05) is 39.0 Å². The van der Waals surface area contributed by atoms with Crippen molar-refractivity contribution >= 4 is 0 Å². The molecule has 0 aliphatic heterocycles. The van der Waals surface area contributed by atoms with Gasteiger partial charge in [-0.3, -0.25) is 0 Å². The van der Waals surface area contributed by atoms with Crippen LogP contribution in [0.4, 0.5) is 0 Å². The number of rotatable bonds is 5. The topological polar surface area (TPSA) is 32.3 Å². The molecule has 1 atom stereocenters. The lowest BCUT2D eigenvalue weighted by Crippen LogP contribution is -2.35. The number of nitrogens with one attached hydrogen (secondary N) is 1. The summed E-state index contributed by atoms with van der Waals surface area (Å²) >= 11 is 0. The first-order chi connectivity index (χ1) is 6.83. The molecule has 0 heterocycles. The van der Waals surface area contributed by atoms with Gasteiger partial charge in [-0.25, -0.2) is 0 Å². The minimum absolute atomic E-state index is 0.136. The molecule has 2 nitrogen and oxygen atoms in total. The molecule has 0 saturated heterocycles. The molecule has 0 amide bonds. The normalized spacial score (nSPS) is 21.9. The van der Waals surface area contributed by atoms with Crippen LogP contribution in [0.3, 0.4) is 0 Å². The second-order valence-electron chi connectivity index (χ2n) is 4.54. The SMILES string of the molecule is CCCC(O)CNC1CCCCCC1. The highest BCUT2D eigenvalue weighted by Gasteiger charge is 2.12. The molecule has 0 aromatic rings. The van der Waals surface area contributed by atoms with Gasteiger partial charge < -0.3 is 10.4 Å². The van der Waals surface area contributed by atoms with E-state index in [2.05, 4.69) is 12.2 Å². The van der Waals surface area contributed by atoms with Gasteiger partial charge in [-0.2, -0.15) is 0 Å². The Morgan fingerprint density at radius 2 is 1.86 bits per heavy atom. The highest BCUT2D eigenvalue weighted by atomic mass is 16.3. The van der Waals surface area contributed by atoms with Crippen LogP contribution in [0.2, 0.25) is 0 Å². The van der Waals surface area contributed by atoms with E-state index >= 15 is 0 Å². The third kappa shape index (κ3) is 4.97. The summed E-state index contributed by atoms with van der Waals surface area (Å²) in [6, 6.07) is 0.670. The average Bonchev–Trinajstić information content (AvgIpc) is 2.43. The smallest absolute Gasteiger partial charge is 0.0664 e. The van der Waals surface area contributed by atoms with Crippen molar-refractivity contribution in [3.63, 3.8) is 0 Å². The van der Waals surface area contributed by atoms with Gasteiger partial charge in [0.05, 0.1) is 6.10 Å². The van der Waals surface area contributed by atoms with Gasteiger partial charge in [0.25, 0.3) is 0 Å². The minimum Gasteiger partial charge on any atom is -0.392 e. The van der Waals surface area contributed by atoms with E-state index in [1.165, 1.54) is 38.5 Å². The summed E-state index contributed by atoms with van der Waals surface area (Å²) in [6.45, 7) is 2.91. The van der Waals surface area contributed by atoms with Crippen LogP contribution in [0.15, 0.2) is 0 Å². The highest BCUT2D eigenvalue weighted by Crippen LogP contribution is 2.17. The molecule has 2 N–H and O–H groups in total. The summed E-state index contributed by atoms with van der Waals surface area (Å²) in [6.07, 6.45) is 10.0. The Bertz CT molecular complexity index is 130. The van der Waals surface area contributed by atoms with E-state index < -0.39 is 0 Å². The van der Waals surface area contributed by atoms with Crippen molar-refractivity contribution in [1.82, 2.24) is 5.32 Å². The molecule has 1 aliphatic carbocycles. The van der Waals surface area contributed by atoms with Gasteiger partial charge in [0.15, 0.2) is 0 Å². The molecule has 14 heavy (non-hydrogen) atoms. The van der Waals surface area contributed by atoms with Crippen LogP contribution >= 0.6 is 0 Å². The molecule has 1 fully saturated rings. The van der Waals surface area contributed by atoms with E-state index in [0.717, 1.165) is 19.4 Å². The first-order valence-corrected chi connectivity index (χ1v) is 6.24. The first-order valence-electron chi connectivity index (χ1n) is 6.24. The zero-order chi connectivity index (χ0) is 10.2. The van der Waals surface area contributed by atoms with Gasteiger partial charge in [0.2, 0.25) is 0 Å². The lowest BCUT2D eigenvalue weighted by molar-refractivity contribution is 0.155. The van der Waals surface area contributed by atoms with Crippen LogP contribution in [0.1, 0.15) is 58.3 Å². The largest absolute Gasteiger partial charge is 0.392 e. The maximum absolute atomic E-state index is 9.59. The molecule has 1 aliphatic rings. The first kappa shape index (κ1) is 12.0. The van der Waals surface area contributed by atoms with Crippen LogP contribution < -0.4 is 5.32 Å². The number of aliphatic hydroxyl groups is 1. The Hall–Kier alpha value is -0.0800. The van der Waals surface area contributed by atoms with E-state index in [4.69, 9.17) is 0 Å². The van der Waals surface area contributed by atoms with Crippen molar-refractivity contribution in [1.29, 1.82) is 0 Å². The molecule has 2 heteroatoms. The molecule has 1 saturated carbocycles. The average molecular weight is 199 g/mol. The van der Waals surface area contributed by atoms with Crippen molar-refractivity contribution < 1.29 is 5.11 Å². The number of aliphatic hydroxyl groups excluding tert-OH is 1. The van der Waals surface area contributed by atoms with E-state index in [0.29, 0.717) is 6.04 Å². The highest BCUT2D eigenvalue weighted by molar-refractivity contribution is 4.72. The van der Waals surface area contributed by atoms with E-state index in [1.54, 1.807) is 0 Å². The zero-order valence-electron chi connectivity index (χ0n) is 9.47. The van der Waals surface area contributed by atoms with Gasteiger partial charge in [-0.15, -0.1) is 0 Å². The van der Waals surface area contributed by atoms with E-state index in [-0.39, 0.29) is 6.10 Å². The van der Waals surface area contributed by atoms with Crippen molar-refractivity contribution in [3.05, 3.63) is 0 Å². The van der Waals surface area contributed by atoms with E-state index in [1.807, 2.05) is 0 Å². The fourth-order valence-electron chi connectivity index (χ4n) is 2.22. The Labute approximate surface area is 88.1 Å². The van der Waals surface area contributed by atoms with Gasteiger partial charge in [0, 0.05) is 12.6 Å². The molecule has 1 rings (SSSR count). The summed E-state index contributed by atoms with van der Waals surface area (Å²) in [5.74, 6) is 0. The van der Waals surface area contributed by atoms with E-state index in [9.17, 15) is 5.11 Å². The summed E-state index contributed by atoms with van der Waals surface area (Å²) in [4.78, 5) is 0. The molecule has 1 unspecified atom stereocenters. The minimum atomic E-state index is -0.136. The third-order valence-corrected chi connectivity index (χ3v) is 3.12. The quantitative estimate of drug-likeness (QED) is 0.667. The van der Waals surface area contributed by atoms with Gasteiger partial charge >= 0.3 is 0 Å². The third-order valence-electron chi connectivity index (χ3n) is 3.12. The molecule has 0 radical (unpaired) electrons. The van der Waals surface area contributed by atoms with Crippen molar-refractivity contribution in [2.75, 3.05) is 6.54 Å². The van der Waals surface area contributed by atoms with Crippen LogP contribution in [0.25, 0.3) is 0 Å². The Morgan fingerprint density at radius 3 is 2.43 bits per heavy atom. The fourth-order valence-corrected chi connectivity index (χ4v) is 2.22. The Kier molecular flexibility index (Phi) is 6.20. The molecule has 0 aromatic heterocycles. The molecule has 84 valence electrons.